The van der Waals surface area contributed by atoms with Gasteiger partial charge in [-0.3, -0.25) is 0 Å². The quantitative estimate of drug-likeness (QED) is 0.790. The lowest BCUT2D eigenvalue weighted by molar-refractivity contribution is 0.0519. The molecular weight excluding hydrogens is 240 g/mol. The Hall–Kier alpha value is -2.38. The third kappa shape index (κ3) is 2.84. The van der Waals surface area contributed by atoms with Crippen LogP contribution in [0.3, 0.4) is 0 Å². The third-order valence-electron chi connectivity index (χ3n) is 1.95. The van der Waals surface area contributed by atoms with Gasteiger partial charge in [0.25, 0.3) is 6.01 Å². The van der Waals surface area contributed by atoms with Gasteiger partial charge in [-0.1, -0.05) is 5.16 Å². The van der Waals surface area contributed by atoms with Crippen molar-refractivity contribution in [1.29, 1.82) is 0 Å². The maximum Gasteiger partial charge on any atom is 0.360 e. The Morgan fingerprint density at radius 2 is 2.33 bits per heavy atom. The number of esters is 1. The Labute approximate surface area is 102 Å². The number of ether oxygens (including phenoxy) is 1. The van der Waals surface area contributed by atoms with Crippen molar-refractivity contribution in [2.24, 2.45) is 0 Å². The summed E-state index contributed by atoms with van der Waals surface area (Å²) in [4.78, 5) is 19.2. The van der Waals surface area contributed by atoms with E-state index in [-0.39, 0.29) is 24.9 Å². The SMILES string of the molecule is CCOC(=O)c1coc(NCc2nc(C)no2)n1. The summed E-state index contributed by atoms with van der Waals surface area (Å²) in [5, 5.41) is 6.45. The van der Waals surface area contributed by atoms with Crippen LogP contribution >= 0.6 is 0 Å². The molecule has 0 saturated carbocycles. The van der Waals surface area contributed by atoms with E-state index in [0.29, 0.717) is 11.7 Å². The number of oxazole rings is 1. The topological polar surface area (TPSA) is 103 Å². The molecular formula is C10H12N4O4. The Bertz CT molecular complexity index is 533. The molecule has 1 N–H and O–H groups in total. The van der Waals surface area contributed by atoms with Crippen LogP contribution < -0.4 is 5.32 Å². The Kier molecular flexibility index (Phi) is 3.56. The van der Waals surface area contributed by atoms with Crippen LogP contribution in [0.25, 0.3) is 0 Å². The molecule has 0 fully saturated rings. The summed E-state index contributed by atoms with van der Waals surface area (Å²) in [5.41, 5.74) is 0.112. The predicted molar refractivity (Wildman–Crippen MR) is 58.8 cm³/mol. The van der Waals surface area contributed by atoms with Gasteiger partial charge in [0.2, 0.25) is 5.89 Å². The average Bonchev–Trinajstić information content (AvgIpc) is 2.95. The molecule has 0 radical (unpaired) electrons. The lowest BCUT2D eigenvalue weighted by Gasteiger charge is -1.96. The van der Waals surface area contributed by atoms with Crippen molar-refractivity contribution in [3.8, 4) is 0 Å². The van der Waals surface area contributed by atoms with E-state index in [1.165, 1.54) is 6.26 Å². The fraction of sp³-hybridized carbons (Fsp3) is 0.400. The Morgan fingerprint density at radius 1 is 1.50 bits per heavy atom. The summed E-state index contributed by atoms with van der Waals surface area (Å²) in [5.74, 6) is 0.428. The molecule has 8 nitrogen and oxygen atoms in total. The first-order chi connectivity index (χ1) is 8.69. The van der Waals surface area contributed by atoms with Gasteiger partial charge < -0.3 is 19.0 Å². The molecule has 96 valence electrons. The molecule has 18 heavy (non-hydrogen) atoms. The zero-order valence-electron chi connectivity index (χ0n) is 9.97. The number of rotatable bonds is 5. The minimum Gasteiger partial charge on any atom is -0.461 e. The molecule has 0 spiro atoms. The van der Waals surface area contributed by atoms with Gasteiger partial charge in [0.1, 0.15) is 6.26 Å². The summed E-state index contributed by atoms with van der Waals surface area (Å²) in [6, 6.07) is 0.189. The second-order valence-electron chi connectivity index (χ2n) is 3.35. The van der Waals surface area contributed by atoms with E-state index < -0.39 is 5.97 Å². The standard InChI is InChI=1S/C10H12N4O4/c1-3-16-9(15)7-5-17-10(13-7)11-4-8-12-6(2)14-18-8/h5H,3-4H2,1-2H3,(H,11,13). The molecule has 0 amide bonds. The van der Waals surface area contributed by atoms with Crippen LogP contribution in [0.15, 0.2) is 15.2 Å². The largest absolute Gasteiger partial charge is 0.461 e. The second kappa shape index (κ2) is 5.30. The number of aryl methyl sites for hydroxylation is 1. The number of hydrogen-bond acceptors (Lipinski definition) is 8. The van der Waals surface area contributed by atoms with Crippen molar-refractivity contribution in [2.45, 2.75) is 20.4 Å². The molecule has 0 saturated heterocycles. The van der Waals surface area contributed by atoms with Gasteiger partial charge in [-0.25, -0.2) is 4.79 Å². The maximum atomic E-state index is 11.3. The lowest BCUT2D eigenvalue weighted by atomic mass is 10.5. The monoisotopic (exact) mass is 252 g/mol. The lowest BCUT2D eigenvalue weighted by Crippen LogP contribution is -2.05. The van der Waals surface area contributed by atoms with Crippen LogP contribution in [0.4, 0.5) is 6.01 Å². The van der Waals surface area contributed by atoms with E-state index in [4.69, 9.17) is 13.7 Å². The first kappa shape index (κ1) is 12.1. The zero-order chi connectivity index (χ0) is 13.0. The Morgan fingerprint density at radius 3 is 3.00 bits per heavy atom. The van der Waals surface area contributed by atoms with Crippen molar-refractivity contribution in [3.05, 3.63) is 23.7 Å². The predicted octanol–water partition coefficient (Wildman–Crippen LogP) is 1.15. The van der Waals surface area contributed by atoms with Crippen molar-refractivity contribution in [1.82, 2.24) is 15.1 Å². The van der Waals surface area contributed by atoms with Gasteiger partial charge in [-0.2, -0.15) is 9.97 Å². The normalized spacial score (nSPS) is 10.3. The zero-order valence-corrected chi connectivity index (χ0v) is 9.97. The molecule has 0 bridgehead atoms. The molecule has 2 rings (SSSR count). The summed E-state index contributed by atoms with van der Waals surface area (Å²) in [6.45, 7) is 3.99. The van der Waals surface area contributed by atoms with Crippen LogP contribution in [-0.4, -0.2) is 27.7 Å². The number of nitrogens with one attached hydrogen (secondary N) is 1. The highest BCUT2D eigenvalue weighted by molar-refractivity contribution is 5.87. The fourth-order valence-corrected chi connectivity index (χ4v) is 1.22. The van der Waals surface area contributed by atoms with Crippen molar-refractivity contribution >= 4 is 12.0 Å². The molecule has 0 aromatic carbocycles. The van der Waals surface area contributed by atoms with E-state index in [1.807, 2.05) is 0 Å². The number of hydrogen-bond donors (Lipinski definition) is 1. The van der Waals surface area contributed by atoms with E-state index >= 15 is 0 Å². The summed E-state index contributed by atoms with van der Waals surface area (Å²) >= 11 is 0. The van der Waals surface area contributed by atoms with Crippen LogP contribution in [0, 0.1) is 6.92 Å². The summed E-state index contributed by atoms with van der Waals surface area (Å²) in [6.07, 6.45) is 1.22. The molecule has 2 aromatic heterocycles. The van der Waals surface area contributed by atoms with Crippen LogP contribution in [0.5, 0.6) is 0 Å². The van der Waals surface area contributed by atoms with Crippen LogP contribution in [0.2, 0.25) is 0 Å². The molecule has 2 aromatic rings. The molecule has 8 heteroatoms. The van der Waals surface area contributed by atoms with Gasteiger partial charge in [0.15, 0.2) is 11.5 Å². The number of carbonyl (C=O) groups excluding carboxylic acids is 1. The highest BCUT2D eigenvalue weighted by atomic mass is 16.5. The van der Waals surface area contributed by atoms with Crippen LogP contribution in [0.1, 0.15) is 29.1 Å². The van der Waals surface area contributed by atoms with Gasteiger partial charge in [0, 0.05) is 0 Å². The Balaban J connectivity index is 1.92. The molecule has 0 aliphatic heterocycles. The molecule has 2 heterocycles. The molecule has 0 aliphatic rings. The first-order valence-electron chi connectivity index (χ1n) is 5.34. The molecule has 0 unspecified atom stereocenters. The minimum absolute atomic E-state index is 0.112. The first-order valence-corrected chi connectivity index (χ1v) is 5.34. The summed E-state index contributed by atoms with van der Waals surface area (Å²) < 4.78 is 14.7. The maximum absolute atomic E-state index is 11.3. The van der Waals surface area contributed by atoms with E-state index in [2.05, 4.69) is 20.4 Å². The molecule has 0 aliphatic carbocycles. The third-order valence-corrected chi connectivity index (χ3v) is 1.95. The number of aromatic nitrogens is 3. The summed E-state index contributed by atoms with van der Waals surface area (Å²) in [7, 11) is 0. The smallest absolute Gasteiger partial charge is 0.360 e. The van der Waals surface area contributed by atoms with E-state index in [0.717, 1.165) is 0 Å². The van der Waals surface area contributed by atoms with Gasteiger partial charge in [-0.15, -0.1) is 0 Å². The van der Waals surface area contributed by atoms with Gasteiger partial charge in [-0.05, 0) is 13.8 Å². The number of nitrogens with zero attached hydrogens (tertiary/aromatic N) is 3. The highest BCUT2D eigenvalue weighted by Crippen LogP contribution is 2.09. The van der Waals surface area contributed by atoms with Crippen molar-refractivity contribution < 1.29 is 18.5 Å². The van der Waals surface area contributed by atoms with Gasteiger partial charge in [0.05, 0.1) is 13.2 Å². The van der Waals surface area contributed by atoms with E-state index in [1.54, 1.807) is 13.8 Å². The second-order valence-corrected chi connectivity index (χ2v) is 3.35. The average molecular weight is 252 g/mol. The minimum atomic E-state index is -0.525. The van der Waals surface area contributed by atoms with Crippen molar-refractivity contribution in [2.75, 3.05) is 11.9 Å². The van der Waals surface area contributed by atoms with E-state index in [9.17, 15) is 4.79 Å². The number of anilines is 1. The highest BCUT2D eigenvalue weighted by Gasteiger charge is 2.13. The van der Waals surface area contributed by atoms with Crippen molar-refractivity contribution in [3.63, 3.8) is 0 Å². The van der Waals surface area contributed by atoms with Crippen LogP contribution in [-0.2, 0) is 11.3 Å². The molecule has 0 atom stereocenters. The fourth-order valence-electron chi connectivity index (χ4n) is 1.22. The number of carbonyl (C=O) groups is 1. The van der Waals surface area contributed by atoms with Gasteiger partial charge >= 0.3 is 5.97 Å².